The predicted octanol–water partition coefficient (Wildman–Crippen LogP) is 5.29. The second kappa shape index (κ2) is 7.09. The zero-order valence-electron chi connectivity index (χ0n) is 11.6. The Hall–Kier alpha value is -1.06. The average molecular weight is 355 g/mol. The third kappa shape index (κ3) is 3.97. The van der Waals surface area contributed by atoms with Crippen LogP contribution in [0.2, 0.25) is 0 Å². The van der Waals surface area contributed by atoms with Gasteiger partial charge in [0.25, 0.3) is 0 Å². The van der Waals surface area contributed by atoms with Crippen molar-refractivity contribution < 1.29 is 4.74 Å². The van der Waals surface area contributed by atoms with Crippen LogP contribution in [0.1, 0.15) is 36.6 Å². The summed E-state index contributed by atoms with van der Waals surface area (Å²) in [6.45, 7) is 4.70. The Labute approximate surface area is 133 Å². The monoisotopic (exact) mass is 353 g/mol. The van der Waals surface area contributed by atoms with Crippen LogP contribution in [0.5, 0.6) is 5.88 Å². The Morgan fingerprint density at radius 2 is 2.00 bits per heavy atom. The Morgan fingerprint density at radius 3 is 2.65 bits per heavy atom. The summed E-state index contributed by atoms with van der Waals surface area (Å²) in [5.41, 5.74) is 3.13. The molecule has 0 spiro atoms. The molecule has 0 amide bonds. The number of hydrogen-bond acceptors (Lipinski definition) is 2. The topological polar surface area (TPSA) is 22.1 Å². The minimum atomic E-state index is 0.351. The van der Waals surface area contributed by atoms with Crippen molar-refractivity contribution in [3.8, 4) is 5.88 Å². The summed E-state index contributed by atoms with van der Waals surface area (Å²) in [6, 6.07) is 11.9. The number of halogens is 2. The SMILES string of the molecule is CC(C)c1cc(CCl)cc(OCc2ccccc2Br)n1. The summed E-state index contributed by atoms with van der Waals surface area (Å²) < 4.78 is 6.85. The van der Waals surface area contributed by atoms with Gasteiger partial charge < -0.3 is 4.74 Å². The summed E-state index contributed by atoms with van der Waals surface area (Å²) in [5, 5.41) is 0. The lowest BCUT2D eigenvalue weighted by Gasteiger charge is -2.12. The van der Waals surface area contributed by atoms with Gasteiger partial charge in [-0.1, -0.05) is 48.0 Å². The molecule has 0 atom stereocenters. The molecule has 0 saturated heterocycles. The van der Waals surface area contributed by atoms with E-state index in [1.165, 1.54) is 0 Å². The van der Waals surface area contributed by atoms with Crippen molar-refractivity contribution in [2.75, 3.05) is 0 Å². The van der Waals surface area contributed by atoms with E-state index in [1.807, 2.05) is 36.4 Å². The van der Waals surface area contributed by atoms with Crippen LogP contribution in [0.25, 0.3) is 0 Å². The number of aromatic nitrogens is 1. The molecule has 0 N–H and O–H groups in total. The minimum absolute atomic E-state index is 0.351. The number of pyridine rings is 1. The maximum absolute atomic E-state index is 5.93. The highest BCUT2D eigenvalue weighted by molar-refractivity contribution is 9.10. The molecule has 1 heterocycles. The van der Waals surface area contributed by atoms with E-state index >= 15 is 0 Å². The molecule has 4 heteroatoms. The molecule has 2 rings (SSSR count). The quantitative estimate of drug-likeness (QED) is 0.681. The fraction of sp³-hybridized carbons (Fsp3) is 0.312. The zero-order chi connectivity index (χ0) is 14.5. The molecular weight excluding hydrogens is 338 g/mol. The number of alkyl halides is 1. The van der Waals surface area contributed by atoms with Crippen molar-refractivity contribution in [2.24, 2.45) is 0 Å². The fourth-order valence-electron chi connectivity index (χ4n) is 1.80. The number of hydrogen-bond donors (Lipinski definition) is 0. The Morgan fingerprint density at radius 1 is 1.25 bits per heavy atom. The van der Waals surface area contributed by atoms with E-state index in [0.717, 1.165) is 21.3 Å². The van der Waals surface area contributed by atoms with Crippen molar-refractivity contribution in [1.29, 1.82) is 0 Å². The molecule has 2 aromatic rings. The van der Waals surface area contributed by atoms with Gasteiger partial charge in [0.05, 0.1) is 0 Å². The summed E-state index contributed by atoms with van der Waals surface area (Å²) in [4.78, 5) is 4.53. The van der Waals surface area contributed by atoms with Gasteiger partial charge in [-0.3, -0.25) is 0 Å². The van der Waals surface area contributed by atoms with Gasteiger partial charge in [0.15, 0.2) is 0 Å². The Balaban J connectivity index is 2.17. The van der Waals surface area contributed by atoms with Gasteiger partial charge in [0.2, 0.25) is 5.88 Å². The zero-order valence-corrected chi connectivity index (χ0v) is 13.9. The molecule has 106 valence electrons. The van der Waals surface area contributed by atoms with Gasteiger partial charge in [0.1, 0.15) is 6.61 Å². The molecule has 0 radical (unpaired) electrons. The first-order valence-corrected chi connectivity index (χ1v) is 7.86. The second-order valence-corrected chi connectivity index (χ2v) is 6.03. The molecule has 0 saturated carbocycles. The van der Waals surface area contributed by atoms with Crippen LogP contribution in [0.15, 0.2) is 40.9 Å². The lowest BCUT2D eigenvalue weighted by molar-refractivity contribution is 0.291. The van der Waals surface area contributed by atoms with E-state index in [9.17, 15) is 0 Å². The van der Waals surface area contributed by atoms with E-state index in [4.69, 9.17) is 16.3 Å². The highest BCUT2D eigenvalue weighted by atomic mass is 79.9. The van der Waals surface area contributed by atoms with E-state index < -0.39 is 0 Å². The van der Waals surface area contributed by atoms with Gasteiger partial charge in [-0.2, -0.15) is 0 Å². The van der Waals surface area contributed by atoms with E-state index in [-0.39, 0.29) is 0 Å². The highest BCUT2D eigenvalue weighted by Crippen LogP contribution is 2.22. The third-order valence-electron chi connectivity index (χ3n) is 2.96. The van der Waals surface area contributed by atoms with Crippen LogP contribution in [-0.4, -0.2) is 4.98 Å². The first-order valence-electron chi connectivity index (χ1n) is 6.53. The molecule has 1 aromatic heterocycles. The van der Waals surface area contributed by atoms with Gasteiger partial charge in [-0.15, -0.1) is 11.6 Å². The van der Waals surface area contributed by atoms with Crippen molar-refractivity contribution in [1.82, 2.24) is 4.98 Å². The van der Waals surface area contributed by atoms with Crippen molar-refractivity contribution >= 4 is 27.5 Å². The van der Waals surface area contributed by atoms with Crippen LogP contribution in [0.3, 0.4) is 0 Å². The summed E-state index contributed by atoms with van der Waals surface area (Å²) in [6.07, 6.45) is 0. The first kappa shape index (κ1) is 15.3. The summed E-state index contributed by atoms with van der Waals surface area (Å²) in [7, 11) is 0. The van der Waals surface area contributed by atoms with Crippen molar-refractivity contribution in [3.05, 3.63) is 57.7 Å². The predicted molar refractivity (Wildman–Crippen MR) is 86.4 cm³/mol. The molecule has 0 aliphatic carbocycles. The number of benzene rings is 1. The number of nitrogens with zero attached hydrogens (tertiary/aromatic N) is 1. The summed E-state index contributed by atoms with van der Waals surface area (Å²) in [5.74, 6) is 1.44. The third-order valence-corrected chi connectivity index (χ3v) is 4.04. The van der Waals surface area contributed by atoms with Gasteiger partial charge in [-0.25, -0.2) is 4.98 Å². The Bertz CT molecular complexity index is 586. The van der Waals surface area contributed by atoms with Gasteiger partial charge in [0, 0.05) is 27.7 Å². The lowest BCUT2D eigenvalue weighted by Crippen LogP contribution is -2.02. The standard InChI is InChI=1S/C16H17BrClNO/c1-11(2)15-7-12(9-18)8-16(19-15)20-10-13-5-3-4-6-14(13)17/h3-8,11H,9-10H2,1-2H3. The van der Waals surface area contributed by atoms with Crippen LogP contribution in [0, 0.1) is 0 Å². The average Bonchev–Trinajstić information content (AvgIpc) is 2.46. The lowest BCUT2D eigenvalue weighted by atomic mass is 10.1. The fourth-order valence-corrected chi connectivity index (χ4v) is 2.35. The molecule has 0 fully saturated rings. The molecule has 1 aromatic carbocycles. The molecule has 0 aliphatic rings. The van der Waals surface area contributed by atoms with E-state index in [2.05, 4.69) is 34.8 Å². The second-order valence-electron chi connectivity index (χ2n) is 4.91. The van der Waals surface area contributed by atoms with E-state index in [0.29, 0.717) is 24.3 Å². The van der Waals surface area contributed by atoms with E-state index in [1.54, 1.807) is 0 Å². The number of rotatable bonds is 5. The number of ether oxygens (including phenoxy) is 1. The van der Waals surface area contributed by atoms with Crippen LogP contribution in [0.4, 0.5) is 0 Å². The maximum Gasteiger partial charge on any atom is 0.214 e. The molecule has 2 nitrogen and oxygen atoms in total. The van der Waals surface area contributed by atoms with Gasteiger partial charge in [-0.05, 0) is 23.6 Å². The summed E-state index contributed by atoms with van der Waals surface area (Å²) >= 11 is 9.44. The first-order chi connectivity index (χ1) is 9.60. The molecular formula is C16H17BrClNO. The van der Waals surface area contributed by atoms with Crippen LogP contribution >= 0.6 is 27.5 Å². The molecule has 0 unspecified atom stereocenters. The minimum Gasteiger partial charge on any atom is -0.473 e. The molecule has 0 aliphatic heterocycles. The molecule has 0 bridgehead atoms. The van der Waals surface area contributed by atoms with Crippen molar-refractivity contribution in [3.63, 3.8) is 0 Å². The normalized spacial score (nSPS) is 10.8. The highest BCUT2D eigenvalue weighted by Gasteiger charge is 2.08. The van der Waals surface area contributed by atoms with Crippen LogP contribution in [-0.2, 0) is 12.5 Å². The maximum atomic E-state index is 5.93. The van der Waals surface area contributed by atoms with Crippen molar-refractivity contribution in [2.45, 2.75) is 32.3 Å². The Kier molecular flexibility index (Phi) is 5.44. The molecule has 20 heavy (non-hydrogen) atoms. The van der Waals surface area contributed by atoms with Crippen LogP contribution < -0.4 is 4.74 Å². The largest absolute Gasteiger partial charge is 0.473 e. The van der Waals surface area contributed by atoms with Gasteiger partial charge >= 0.3 is 0 Å². The smallest absolute Gasteiger partial charge is 0.214 e.